The molecule has 0 aliphatic carbocycles. The lowest BCUT2D eigenvalue weighted by molar-refractivity contribution is 0.189. The quantitative estimate of drug-likeness (QED) is 0.617. The molecule has 3 aromatic carbocycles. The summed E-state index contributed by atoms with van der Waals surface area (Å²) in [5, 5.41) is 3.35. The monoisotopic (exact) mass is 427 g/mol. The Bertz CT molecular complexity index is 987. The van der Waals surface area contributed by atoms with Crippen LogP contribution in [0.4, 0.5) is 4.79 Å². The van der Waals surface area contributed by atoms with Crippen LogP contribution >= 0.6 is 0 Å². The van der Waals surface area contributed by atoms with E-state index in [9.17, 15) is 4.79 Å². The zero-order valence-electron chi connectivity index (χ0n) is 18.2. The number of carbonyl (C=O) groups excluding carboxylic acids is 1. The van der Waals surface area contributed by atoms with E-state index in [1.165, 1.54) is 0 Å². The Morgan fingerprint density at radius 1 is 0.875 bits per heavy atom. The molecule has 2 amide bonds. The minimum atomic E-state index is -0.524. The fraction of sp³-hybridized carbons (Fsp3) is 0.296. The normalized spacial score (nSPS) is 20.3. The van der Waals surface area contributed by atoms with Crippen LogP contribution < -0.4 is 10.1 Å². The second kappa shape index (κ2) is 9.05. The standard InChI is InChI=1S/C27H29N3O2/c31-26-28-27(22-10-4-1-5-11-22,23-12-6-2-7-13-23)21-30(26)24-16-17-29(20-24)18-19-32-25-14-8-3-9-15-25/h1-15,24H,16-21H2,(H,28,31). The van der Waals surface area contributed by atoms with Crippen molar-refractivity contribution in [3.63, 3.8) is 0 Å². The maximum atomic E-state index is 13.2. The third-order valence-corrected chi connectivity index (χ3v) is 6.63. The molecule has 1 N–H and O–H groups in total. The van der Waals surface area contributed by atoms with E-state index >= 15 is 0 Å². The molecule has 0 spiro atoms. The van der Waals surface area contributed by atoms with Gasteiger partial charge in [0.25, 0.3) is 0 Å². The number of benzene rings is 3. The molecule has 2 fully saturated rings. The SMILES string of the molecule is O=C1NC(c2ccccc2)(c2ccccc2)CN1C1CCN(CCOc2ccccc2)C1. The highest BCUT2D eigenvalue weighted by molar-refractivity contribution is 5.80. The van der Waals surface area contributed by atoms with Crippen LogP contribution in [0.3, 0.4) is 0 Å². The maximum Gasteiger partial charge on any atom is 0.318 e. The Balaban J connectivity index is 1.27. The highest BCUT2D eigenvalue weighted by Gasteiger charge is 2.48. The number of nitrogens with zero attached hydrogens (tertiary/aromatic N) is 2. The molecule has 1 atom stereocenters. The van der Waals surface area contributed by atoms with Crippen molar-refractivity contribution in [2.45, 2.75) is 18.0 Å². The van der Waals surface area contributed by atoms with Gasteiger partial charge in [0.05, 0.1) is 6.54 Å². The largest absolute Gasteiger partial charge is 0.492 e. The van der Waals surface area contributed by atoms with Crippen LogP contribution in [0.2, 0.25) is 0 Å². The maximum absolute atomic E-state index is 13.2. The number of ether oxygens (including phenoxy) is 1. The van der Waals surface area contributed by atoms with Crippen LogP contribution in [0.5, 0.6) is 5.75 Å². The summed E-state index contributed by atoms with van der Waals surface area (Å²) in [5.74, 6) is 0.901. The van der Waals surface area contributed by atoms with Gasteiger partial charge in [0.1, 0.15) is 17.9 Å². The molecule has 2 heterocycles. The Labute approximate surface area is 189 Å². The van der Waals surface area contributed by atoms with Gasteiger partial charge in [0.2, 0.25) is 0 Å². The molecule has 2 aliphatic heterocycles. The number of hydrogen-bond donors (Lipinski definition) is 1. The van der Waals surface area contributed by atoms with E-state index in [0.29, 0.717) is 13.2 Å². The third-order valence-electron chi connectivity index (χ3n) is 6.63. The number of hydrogen-bond acceptors (Lipinski definition) is 3. The molecule has 1 unspecified atom stereocenters. The van der Waals surface area contributed by atoms with Crippen LogP contribution in [0.1, 0.15) is 17.5 Å². The van der Waals surface area contributed by atoms with E-state index in [4.69, 9.17) is 4.74 Å². The molecular weight excluding hydrogens is 398 g/mol. The van der Waals surface area contributed by atoms with Crippen molar-refractivity contribution < 1.29 is 9.53 Å². The van der Waals surface area contributed by atoms with E-state index in [2.05, 4.69) is 34.5 Å². The lowest BCUT2D eigenvalue weighted by Gasteiger charge is -2.31. The van der Waals surface area contributed by atoms with Gasteiger partial charge >= 0.3 is 6.03 Å². The fourth-order valence-corrected chi connectivity index (χ4v) is 4.93. The lowest BCUT2D eigenvalue weighted by atomic mass is 9.83. The van der Waals surface area contributed by atoms with Gasteiger partial charge in [-0.1, -0.05) is 78.9 Å². The van der Waals surface area contributed by atoms with E-state index in [1.807, 2.05) is 71.6 Å². The summed E-state index contributed by atoms with van der Waals surface area (Å²) in [4.78, 5) is 17.6. The molecular formula is C27H29N3O2. The first kappa shape index (κ1) is 20.6. The van der Waals surface area contributed by atoms with Crippen LogP contribution in [-0.4, -0.2) is 54.7 Å². The molecule has 5 rings (SSSR count). The van der Waals surface area contributed by atoms with Gasteiger partial charge in [0, 0.05) is 25.7 Å². The van der Waals surface area contributed by atoms with Crippen molar-refractivity contribution in [3.8, 4) is 5.75 Å². The van der Waals surface area contributed by atoms with Gasteiger partial charge in [-0.05, 0) is 29.7 Å². The topological polar surface area (TPSA) is 44.8 Å². The van der Waals surface area contributed by atoms with Gasteiger partial charge in [-0.25, -0.2) is 4.79 Å². The van der Waals surface area contributed by atoms with Crippen molar-refractivity contribution >= 4 is 6.03 Å². The number of urea groups is 1. The molecule has 5 heteroatoms. The minimum Gasteiger partial charge on any atom is -0.492 e. The average molecular weight is 428 g/mol. The number of rotatable bonds is 7. The molecule has 0 bridgehead atoms. The molecule has 2 saturated heterocycles. The molecule has 3 aromatic rings. The van der Waals surface area contributed by atoms with Crippen LogP contribution in [0.15, 0.2) is 91.0 Å². The predicted octanol–water partition coefficient (Wildman–Crippen LogP) is 4.11. The lowest BCUT2D eigenvalue weighted by Crippen LogP contribution is -2.41. The van der Waals surface area contributed by atoms with E-state index in [-0.39, 0.29) is 12.1 Å². The minimum absolute atomic E-state index is 0.0186. The van der Waals surface area contributed by atoms with E-state index < -0.39 is 5.54 Å². The third kappa shape index (κ3) is 4.08. The molecule has 0 saturated carbocycles. The average Bonchev–Trinajstić information content (AvgIpc) is 3.46. The van der Waals surface area contributed by atoms with Crippen LogP contribution in [0.25, 0.3) is 0 Å². The highest BCUT2D eigenvalue weighted by atomic mass is 16.5. The van der Waals surface area contributed by atoms with Crippen molar-refractivity contribution in [2.75, 3.05) is 32.8 Å². The molecule has 5 nitrogen and oxygen atoms in total. The van der Waals surface area contributed by atoms with Crippen molar-refractivity contribution in [1.29, 1.82) is 0 Å². The zero-order valence-corrected chi connectivity index (χ0v) is 18.2. The number of likely N-dealkylation sites (tertiary alicyclic amines) is 1. The summed E-state index contributed by atoms with van der Waals surface area (Å²) in [6.07, 6.45) is 0.985. The van der Waals surface area contributed by atoms with E-state index in [0.717, 1.165) is 42.9 Å². The molecule has 2 aliphatic rings. The second-order valence-electron chi connectivity index (χ2n) is 8.60. The molecule has 164 valence electrons. The van der Waals surface area contributed by atoms with Gasteiger partial charge in [-0.15, -0.1) is 0 Å². The number of carbonyl (C=O) groups is 1. The summed E-state index contributed by atoms with van der Waals surface area (Å²) >= 11 is 0. The first-order valence-corrected chi connectivity index (χ1v) is 11.3. The Kier molecular flexibility index (Phi) is 5.82. The summed E-state index contributed by atoms with van der Waals surface area (Å²) < 4.78 is 5.86. The van der Waals surface area contributed by atoms with Crippen molar-refractivity contribution in [1.82, 2.24) is 15.1 Å². The summed E-state index contributed by atoms with van der Waals surface area (Å²) in [6, 6.07) is 30.8. The highest BCUT2D eigenvalue weighted by Crippen LogP contribution is 2.36. The fourth-order valence-electron chi connectivity index (χ4n) is 4.93. The summed E-state index contributed by atoms with van der Waals surface area (Å²) in [7, 11) is 0. The first-order chi connectivity index (χ1) is 15.7. The molecule has 32 heavy (non-hydrogen) atoms. The smallest absolute Gasteiger partial charge is 0.318 e. The van der Waals surface area contributed by atoms with Crippen LogP contribution in [0, 0.1) is 0 Å². The molecule has 0 radical (unpaired) electrons. The Hall–Kier alpha value is -3.31. The number of nitrogens with one attached hydrogen (secondary N) is 1. The summed E-state index contributed by atoms with van der Waals surface area (Å²) in [5.41, 5.74) is 1.71. The number of amides is 2. The van der Waals surface area contributed by atoms with Crippen molar-refractivity contribution in [2.24, 2.45) is 0 Å². The number of para-hydroxylation sites is 1. The van der Waals surface area contributed by atoms with Gasteiger partial charge in [-0.2, -0.15) is 0 Å². The van der Waals surface area contributed by atoms with Gasteiger partial charge in [-0.3, -0.25) is 4.90 Å². The van der Waals surface area contributed by atoms with Crippen LogP contribution in [-0.2, 0) is 5.54 Å². The summed E-state index contributed by atoms with van der Waals surface area (Å²) in [6.45, 7) is 4.02. The first-order valence-electron chi connectivity index (χ1n) is 11.3. The van der Waals surface area contributed by atoms with E-state index in [1.54, 1.807) is 0 Å². The zero-order chi connectivity index (χ0) is 21.8. The second-order valence-corrected chi connectivity index (χ2v) is 8.60. The van der Waals surface area contributed by atoms with Gasteiger partial charge < -0.3 is 15.0 Å². The Morgan fingerprint density at radius 2 is 1.47 bits per heavy atom. The van der Waals surface area contributed by atoms with Gasteiger partial charge in [0.15, 0.2) is 0 Å². The predicted molar refractivity (Wildman–Crippen MR) is 126 cm³/mol. The Morgan fingerprint density at radius 3 is 2.09 bits per heavy atom. The van der Waals surface area contributed by atoms with Crippen molar-refractivity contribution in [3.05, 3.63) is 102 Å². The molecule has 0 aromatic heterocycles.